The van der Waals surface area contributed by atoms with Crippen molar-refractivity contribution in [2.75, 3.05) is 27.6 Å². The van der Waals surface area contributed by atoms with Crippen LogP contribution >= 0.6 is 0 Å². The van der Waals surface area contributed by atoms with Crippen molar-refractivity contribution >= 4 is 11.8 Å². The Bertz CT molecular complexity index is 1680. The molecule has 1 saturated heterocycles. The molecule has 0 radical (unpaired) electrons. The van der Waals surface area contributed by atoms with Gasteiger partial charge in [-0.25, -0.2) is 0 Å². The number of aliphatic hydroxyl groups is 2. The highest BCUT2D eigenvalue weighted by Crippen LogP contribution is 2.70. The van der Waals surface area contributed by atoms with Crippen LogP contribution in [0.15, 0.2) is 60.7 Å². The number of amides is 2. The second-order valence-electron chi connectivity index (χ2n) is 13.1. The van der Waals surface area contributed by atoms with E-state index >= 15 is 4.79 Å². The molecule has 3 N–H and O–H groups in total. The number of fused-ring (bicyclic) bond motifs is 5. The van der Waals surface area contributed by atoms with Crippen molar-refractivity contribution in [1.82, 2.24) is 10.2 Å². The highest BCUT2D eigenvalue weighted by Gasteiger charge is 2.77. The standard InChI is InChI=1S/C36H40N2O9/c1-20(2)17-27(39)37-26-11-8-16-38(26)33(40)30-28(21-9-6-5-7-10-21)36(22-12-14-23(43-3)15-13-22)34(41)35(30,42)29-24(47-36)18-25-31(32(29)44-4)46-19-45-25/h5-7,9-10,12-15,18,20,26,28,30,34,41-42H,8,11,16-17,19H2,1-4H3,(H,37,39)/t26?,28-,30+,34?,35?,36+/m1/s1. The van der Waals surface area contributed by atoms with Gasteiger partial charge in [0.15, 0.2) is 17.1 Å². The number of hydrogen-bond acceptors (Lipinski definition) is 9. The number of ether oxygens (including phenoxy) is 5. The zero-order chi connectivity index (χ0) is 33.1. The van der Waals surface area contributed by atoms with Crippen molar-refractivity contribution in [2.24, 2.45) is 11.8 Å². The molecule has 47 heavy (non-hydrogen) atoms. The number of nitrogens with zero attached hydrogens (tertiary/aromatic N) is 1. The molecule has 0 aromatic heterocycles. The topological polar surface area (TPSA) is 136 Å². The summed E-state index contributed by atoms with van der Waals surface area (Å²) in [5.74, 6) is -1.07. The highest BCUT2D eigenvalue weighted by molar-refractivity contribution is 5.86. The largest absolute Gasteiger partial charge is 0.497 e. The van der Waals surface area contributed by atoms with Crippen LogP contribution in [0.2, 0.25) is 0 Å². The molecule has 3 aliphatic heterocycles. The summed E-state index contributed by atoms with van der Waals surface area (Å²) in [4.78, 5) is 29.7. The van der Waals surface area contributed by atoms with Crippen molar-refractivity contribution in [3.8, 4) is 28.7 Å². The van der Waals surface area contributed by atoms with E-state index in [1.54, 1.807) is 42.3 Å². The van der Waals surface area contributed by atoms with Gasteiger partial charge in [0, 0.05) is 24.9 Å². The molecule has 3 heterocycles. The molecule has 3 unspecified atom stereocenters. The second-order valence-corrected chi connectivity index (χ2v) is 13.1. The van der Waals surface area contributed by atoms with Crippen molar-refractivity contribution in [2.45, 2.75) is 62.5 Å². The quantitative estimate of drug-likeness (QED) is 0.335. The second kappa shape index (κ2) is 11.6. The first kappa shape index (κ1) is 31.1. The van der Waals surface area contributed by atoms with Crippen LogP contribution in [0.1, 0.15) is 55.7 Å². The van der Waals surface area contributed by atoms with Gasteiger partial charge in [-0.1, -0.05) is 56.3 Å². The first-order valence-electron chi connectivity index (χ1n) is 16.0. The van der Waals surface area contributed by atoms with Gasteiger partial charge >= 0.3 is 0 Å². The van der Waals surface area contributed by atoms with Crippen molar-refractivity contribution in [3.63, 3.8) is 0 Å². The number of carbonyl (C=O) groups is 2. The summed E-state index contributed by atoms with van der Waals surface area (Å²) >= 11 is 0. The monoisotopic (exact) mass is 644 g/mol. The van der Waals surface area contributed by atoms with Gasteiger partial charge in [-0.3, -0.25) is 9.59 Å². The van der Waals surface area contributed by atoms with E-state index in [1.165, 1.54) is 7.11 Å². The number of methoxy groups -OCH3 is 2. The zero-order valence-corrected chi connectivity index (χ0v) is 26.9. The van der Waals surface area contributed by atoms with Crippen molar-refractivity contribution in [1.29, 1.82) is 0 Å². The molecule has 11 nitrogen and oxygen atoms in total. The molecule has 7 rings (SSSR count). The first-order chi connectivity index (χ1) is 22.6. The summed E-state index contributed by atoms with van der Waals surface area (Å²) < 4.78 is 29.7. The Kier molecular flexibility index (Phi) is 7.71. The molecule has 1 aliphatic carbocycles. The molecule has 11 heteroatoms. The maximum atomic E-state index is 15.2. The summed E-state index contributed by atoms with van der Waals surface area (Å²) in [6.07, 6.45) is -0.661. The number of nitrogens with one attached hydrogen (secondary N) is 1. The lowest BCUT2D eigenvalue weighted by Crippen LogP contribution is -2.56. The minimum atomic E-state index is -2.23. The van der Waals surface area contributed by atoms with Crippen LogP contribution in [0.4, 0.5) is 0 Å². The van der Waals surface area contributed by atoms with Crippen LogP contribution in [-0.4, -0.2) is 66.8 Å². The SMILES string of the molecule is COc1ccc([C@@]23Oc4cc5c(c(OC)c4C(O)(C2O)[C@H](C(=O)N2CCCC2NC(=O)CC(C)C)[C@H]3c2ccccc2)OCO5)cc1. The molecule has 2 amide bonds. The first-order valence-corrected chi connectivity index (χ1v) is 16.0. The fraction of sp³-hybridized carbons (Fsp3) is 0.444. The maximum absolute atomic E-state index is 15.2. The van der Waals surface area contributed by atoms with Crippen LogP contribution in [0.3, 0.4) is 0 Å². The number of benzene rings is 3. The van der Waals surface area contributed by atoms with E-state index in [4.69, 9.17) is 23.7 Å². The zero-order valence-electron chi connectivity index (χ0n) is 26.9. The van der Waals surface area contributed by atoms with E-state index in [2.05, 4.69) is 5.32 Å². The van der Waals surface area contributed by atoms with Gasteiger partial charge in [0.05, 0.1) is 25.7 Å². The number of aliphatic hydroxyl groups excluding tert-OH is 1. The molecule has 0 spiro atoms. The summed E-state index contributed by atoms with van der Waals surface area (Å²) in [5, 5.41) is 28.9. The molecule has 248 valence electrons. The van der Waals surface area contributed by atoms with Crippen LogP contribution in [0, 0.1) is 11.8 Å². The highest BCUT2D eigenvalue weighted by atomic mass is 16.7. The van der Waals surface area contributed by atoms with Crippen molar-refractivity contribution < 1.29 is 43.5 Å². The van der Waals surface area contributed by atoms with Crippen LogP contribution < -0.4 is 29.0 Å². The number of likely N-dealkylation sites (tertiary alicyclic amines) is 1. The van der Waals surface area contributed by atoms with Gasteiger partial charge in [0.2, 0.25) is 24.4 Å². The summed E-state index contributed by atoms with van der Waals surface area (Å²) in [7, 11) is 2.99. The minimum Gasteiger partial charge on any atom is -0.497 e. The molecule has 6 atom stereocenters. The lowest BCUT2D eigenvalue weighted by molar-refractivity contribution is -0.167. The Hall–Kier alpha value is -4.48. The summed E-state index contributed by atoms with van der Waals surface area (Å²) in [6.45, 7) is 4.23. The molecule has 2 bridgehead atoms. The fourth-order valence-electron chi connectivity index (χ4n) is 8.06. The predicted molar refractivity (Wildman–Crippen MR) is 169 cm³/mol. The summed E-state index contributed by atoms with van der Waals surface area (Å²) in [5.41, 5.74) is -2.55. The minimum absolute atomic E-state index is 0.0697. The third kappa shape index (κ3) is 4.62. The van der Waals surface area contributed by atoms with E-state index in [1.807, 2.05) is 44.2 Å². The molecule has 3 aromatic carbocycles. The van der Waals surface area contributed by atoms with E-state index in [-0.39, 0.29) is 41.4 Å². The van der Waals surface area contributed by atoms with Gasteiger partial charge in [-0.2, -0.15) is 0 Å². The smallest absolute Gasteiger partial charge is 0.231 e. The third-order valence-corrected chi connectivity index (χ3v) is 9.98. The Morgan fingerprint density at radius 1 is 1.04 bits per heavy atom. The molecular formula is C36H40N2O9. The number of rotatable bonds is 8. The van der Waals surface area contributed by atoms with E-state index in [9.17, 15) is 15.0 Å². The van der Waals surface area contributed by atoms with Gasteiger partial charge < -0.3 is 44.1 Å². The van der Waals surface area contributed by atoms with Crippen molar-refractivity contribution in [3.05, 3.63) is 77.4 Å². The summed E-state index contributed by atoms with van der Waals surface area (Å²) in [6, 6.07) is 18.0. The average Bonchev–Trinajstić information content (AvgIpc) is 3.76. The lowest BCUT2D eigenvalue weighted by Gasteiger charge is -2.45. The number of hydrogen-bond donors (Lipinski definition) is 3. The van der Waals surface area contributed by atoms with Crippen LogP contribution in [-0.2, 0) is 20.8 Å². The van der Waals surface area contributed by atoms with Crippen LogP contribution in [0.25, 0.3) is 0 Å². The van der Waals surface area contributed by atoms with Crippen LogP contribution in [0.5, 0.6) is 28.7 Å². The van der Waals surface area contributed by atoms with E-state index in [0.29, 0.717) is 48.4 Å². The van der Waals surface area contributed by atoms with E-state index in [0.717, 1.165) is 0 Å². The predicted octanol–water partition coefficient (Wildman–Crippen LogP) is 3.79. The average molecular weight is 645 g/mol. The lowest BCUT2D eigenvalue weighted by atomic mass is 9.75. The molecule has 2 fully saturated rings. The third-order valence-electron chi connectivity index (χ3n) is 9.98. The normalized spacial score (nSPS) is 28.5. The van der Waals surface area contributed by atoms with Gasteiger partial charge in [0.1, 0.15) is 29.4 Å². The fourth-order valence-corrected chi connectivity index (χ4v) is 8.06. The molecule has 1 saturated carbocycles. The number of carbonyl (C=O) groups excluding carboxylic acids is 2. The van der Waals surface area contributed by atoms with Gasteiger partial charge in [0.25, 0.3) is 0 Å². The Morgan fingerprint density at radius 2 is 1.79 bits per heavy atom. The van der Waals surface area contributed by atoms with E-state index < -0.39 is 41.2 Å². The molecular weight excluding hydrogens is 604 g/mol. The van der Waals surface area contributed by atoms with Gasteiger partial charge in [-0.15, -0.1) is 0 Å². The van der Waals surface area contributed by atoms with Gasteiger partial charge in [-0.05, 0) is 42.0 Å². The Labute approximate surface area is 273 Å². The molecule has 4 aliphatic rings. The maximum Gasteiger partial charge on any atom is 0.231 e. The molecule has 3 aromatic rings. The Morgan fingerprint density at radius 3 is 2.47 bits per heavy atom. The Balaban J connectivity index is 1.46.